The zero-order valence-corrected chi connectivity index (χ0v) is 22.8. The quantitative estimate of drug-likeness (QED) is 0.123. The monoisotopic (exact) mass is 555 g/mol. The maximum absolute atomic E-state index is 13.8. The van der Waals surface area contributed by atoms with Crippen LogP contribution in [-0.2, 0) is 10.1 Å². The molecule has 2 aromatic heterocycles. The molecule has 10 heteroatoms. The van der Waals surface area contributed by atoms with Gasteiger partial charge in [-0.25, -0.2) is 4.98 Å². The molecular formula is C29H21N3O5S2. The van der Waals surface area contributed by atoms with Crippen LogP contribution >= 0.6 is 12.6 Å². The number of fused-ring (bicyclic) bond motifs is 4. The fourth-order valence-corrected chi connectivity index (χ4v) is 5.95. The van der Waals surface area contributed by atoms with E-state index in [1.165, 1.54) is 29.5 Å². The second kappa shape index (κ2) is 8.70. The van der Waals surface area contributed by atoms with Crippen LogP contribution < -0.4 is 5.56 Å². The second-order valence-corrected chi connectivity index (χ2v) is 11.4. The lowest BCUT2D eigenvalue weighted by atomic mass is 9.91. The molecule has 0 saturated heterocycles. The highest BCUT2D eigenvalue weighted by Crippen LogP contribution is 2.35. The van der Waals surface area contributed by atoms with E-state index in [2.05, 4.69) is 17.6 Å². The summed E-state index contributed by atoms with van der Waals surface area (Å²) in [5.74, 6) is -0.160. The third-order valence-corrected chi connectivity index (χ3v) is 8.12. The molecule has 4 aromatic carbocycles. The fourth-order valence-electron chi connectivity index (χ4n) is 5.18. The lowest BCUT2D eigenvalue weighted by Crippen LogP contribution is -2.15. The lowest BCUT2D eigenvalue weighted by Gasteiger charge is -2.15. The van der Waals surface area contributed by atoms with Crippen molar-refractivity contribution in [2.24, 2.45) is 4.99 Å². The highest BCUT2D eigenvalue weighted by atomic mass is 32.2. The van der Waals surface area contributed by atoms with Gasteiger partial charge in [-0.05, 0) is 80.9 Å². The first-order chi connectivity index (χ1) is 18.5. The van der Waals surface area contributed by atoms with E-state index in [1.54, 1.807) is 12.1 Å². The molecule has 0 radical (unpaired) electrons. The Hall–Kier alpha value is -4.12. The standard InChI is InChI=1S/C29H21N3O5S2/c1-14-12-17(38)4-10-23(14)30-15(2)19-6-8-21-27-22(9-7-20(16(3)33)26(19)27)29(34)32-25-13-18(39(35,36)37)5-11-24(25)31-28(21)32/h4-13,38H,1-3H3,(H,35,36,37). The molecular weight excluding hydrogens is 534 g/mol. The Kier molecular flexibility index (Phi) is 5.62. The number of aryl methyl sites for hydroxylation is 1. The van der Waals surface area contributed by atoms with Gasteiger partial charge in [0, 0.05) is 43.3 Å². The van der Waals surface area contributed by atoms with Crippen LogP contribution in [0, 0.1) is 6.92 Å². The van der Waals surface area contributed by atoms with Crippen molar-refractivity contribution in [2.75, 3.05) is 0 Å². The predicted octanol–water partition coefficient (Wildman–Crippen LogP) is 5.78. The predicted molar refractivity (Wildman–Crippen MR) is 155 cm³/mol. The summed E-state index contributed by atoms with van der Waals surface area (Å²) in [6.45, 7) is 5.28. The molecule has 0 atom stereocenters. The molecule has 0 aliphatic carbocycles. The number of ketones is 1. The van der Waals surface area contributed by atoms with Gasteiger partial charge in [0.15, 0.2) is 5.78 Å². The van der Waals surface area contributed by atoms with E-state index in [0.717, 1.165) is 16.1 Å². The average molecular weight is 556 g/mol. The van der Waals surface area contributed by atoms with Crippen LogP contribution in [0.2, 0.25) is 0 Å². The van der Waals surface area contributed by atoms with Gasteiger partial charge < -0.3 is 0 Å². The number of hydrogen-bond donors (Lipinski definition) is 2. The number of hydrogen-bond acceptors (Lipinski definition) is 7. The molecule has 0 aliphatic heterocycles. The minimum atomic E-state index is -4.49. The number of nitrogens with zero attached hydrogens (tertiary/aromatic N) is 3. The number of imidazole rings is 1. The van der Waals surface area contributed by atoms with Gasteiger partial charge >= 0.3 is 0 Å². The number of aromatic nitrogens is 2. The Balaban J connectivity index is 1.75. The number of benzene rings is 4. The first kappa shape index (κ1) is 25.2. The molecule has 2 heterocycles. The van der Waals surface area contributed by atoms with E-state index >= 15 is 0 Å². The van der Waals surface area contributed by atoms with Crippen molar-refractivity contribution in [1.29, 1.82) is 0 Å². The number of pyridine rings is 1. The first-order valence-electron chi connectivity index (χ1n) is 12.0. The third-order valence-electron chi connectivity index (χ3n) is 7.00. The van der Waals surface area contributed by atoms with Gasteiger partial charge in [0.2, 0.25) is 0 Å². The zero-order chi connectivity index (χ0) is 27.8. The summed E-state index contributed by atoms with van der Waals surface area (Å²) in [4.78, 5) is 36.6. The van der Waals surface area contributed by atoms with Crippen molar-refractivity contribution in [3.63, 3.8) is 0 Å². The van der Waals surface area contributed by atoms with Crippen molar-refractivity contribution < 1.29 is 17.8 Å². The number of Topliss-reactive ketones (excluding diaryl/α,β-unsaturated/α-hetero) is 1. The van der Waals surface area contributed by atoms with E-state index < -0.39 is 15.7 Å². The Morgan fingerprint density at radius 1 is 0.949 bits per heavy atom. The summed E-state index contributed by atoms with van der Waals surface area (Å²) in [7, 11) is -4.49. The summed E-state index contributed by atoms with van der Waals surface area (Å²) < 4.78 is 34.4. The highest BCUT2D eigenvalue weighted by molar-refractivity contribution is 7.85. The Labute approximate surface area is 228 Å². The van der Waals surface area contributed by atoms with Crippen LogP contribution in [0.5, 0.6) is 0 Å². The van der Waals surface area contributed by atoms with Gasteiger partial charge in [-0.1, -0.05) is 6.07 Å². The number of rotatable bonds is 4. The van der Waals surface area contributed by atoms with Crippen LogP contribution in [0.15, 0.2) is 80.2 Å². The minimum absolute atomic E-state index is 0.160. The highest BCUT2D eigenvalue weighted by Gasteiger charge is 2.22. The topological polar surface area (TPSA) is 118 Å². The number of carbonyl (C=O) groups excluding carboxylic acids is 1. The van der Waals surface area contributed by atoms with Crippen molar-refractivity contribution in [2.45, 2.75) is 30.6 Å². The molecule has 0 unspecified atom stereocenters. The molecule has 0 saturated carbocycles. The Morgan fingerprint density at radius 3 is 2.36 bits per heavy atom. The number of aliphatic imine (C=N–C) groups is 1. The van der Waals surface area contributed by atoms with E-state index in [4.69, 9.17) is 4.99 Å². The molecule has 39 heavy (non-hydrogen) atoms. The van der Waals surface area contributed by atoms with Crippen LogP contribution in [0.25, 0.3) is 38.2 Å². The Bertz CT molecular complexity index is 2230. The first-order valence-corrected chi connectivity index (χ1v) is 13.9. The smallest absolute Gasteiger partial charge is 0.294 e. The van der Waals surface area contributed by atoms with Gasteiger partial charge in [0.1, 0.15) is 5.65 Å². The lowest BCUT2D eigenvalue weighted by molar-refractivity contribution is 0.101. The number of carbonyl (C=O) groups is 1. The zero-order valence-electron chi connectivity index (χ0n) is 21.1. The van der Waals surface area contributed by atoms with Gasteiger partial charge in [-0.3, -0.25) is 23.5 Å². The molecule has 1 N–H and O–H groups in total. The molecule has 0 bridgehead atoms. The van der Waals surface area contributed by atoms with E-state index in [-0.39, 0.29) is 16.2 Å². The van der Waals surface area contributed by atoms with Crippen molar-refractivity contribution in [3.05, 3.63) is 87.7 Å². The van der Waals surface area contributed by atoms with E-state index in [0.29, 0.717) is 49.5 Å². The van der Waals surface area contributed by atoms with E-state index in [1.807, 2.05) is 44.2 Å². The van der Waals surface area contributed by atoms with Gasteiger partial charge in [0.25, 0.3) is 15.7 Å². The van der Waals surface area contributed by atoms with Gasteiger partial charge in [-0.2, -0.15) is 8.42 Å². The van der Waals surface area contributed by atoms with Gasteiger partial charge in [-0.15, -0.1) is 12.6 Å². The molecule has 194 valence electrons. The van der Waals surface area contributed by atoms with Crippen LogP contribution in [-0.4, -0.2) is 33.9 Å². The molecule has 0 fully saturated rings. The molecule has 0 aliphatic rings. The average Bonchev–Trinajstić information content (AvgIpc) is 3.27. The second-order valence-electron chi connectivity index (χ2n) is 9.50. The molecule has 0 spiro atoms. The van der Waals surface area contributed by atoms with Crippen molar-refractivity contribution >= 4 is 78.2 Å². The third kappa shape index (κ3) is 3.91. The largest absolute Gasteiger partial charge is 0.294 e. The van der Waals surface area contributed by atoms with Crippen LogP contribution in [0.3, 0.4) is 0 Å². The van der Waals surface area contributed by atoms with Crippen LogP contribution in [0.4, 0.5) is 5.69 Å². The molecule has 0 amide bonds. The van der Waals surface area contributed by atoms with Crippen molar-refractivity contribution in [1.82, 2.24) is 9.38 Å². The summed E-state index contributed by atoms with van der Waals surface area (Å²) in [5, 5.41) is 2.16. The number of thiol groups is 1. The summed E-state index contributed by atoms with van der Waals surface area (Å²) in [6, 6.07) is 16.5. The summed E-state index contributed by atoms with van der Waals surface area (Å²) in [6.07, 6.45) is 0. The minimum Gasteiger partial charge on any atom is -0.294 e. The van der Waals surface area contributed by atoms with E-state index in [9.17, 15) is 22.6 Å². The SMILES string of the molecule is CC(=O)c1ccc2c(=O)n3c4cc(S(=O)(=O)O)ccc4nc3c3ccc(C(C)=Nc4ccc(S)cc4C)c1c23. The maximum Gasteiger partial charge on any atom is 0.294 e. The molecule has 8 nitrogen and oxygen atoms in total. The molecule has 6 aromatic rings. The van der Waals surface area contributed by atoms with Crippen LogP contribution in [0.1, 0.15) is 35.3 Å². The fraction of sp³-hybridized carbons (Fsp3) is 0.103. The normalized spacial score (nSPS) is 12.8. The summed E-state index contributed by atoms with van der Waals surface area (Å²) in [5.41, 5.74) is 4.09. The Morgan fingerprint density at radius 2 is 1.67 bits per heavy atom. The van der Waals surface area contributed by atoms with Crippen molar-refractivity contribution in [3.8, 4) is 0 Å². The maximum atomic E-state index is 13.8. The van der Waals surface area contributed by atoms with Gasteiger partial charge in [0.05, 0.1) is 21.6 Å². The summed E-state index contributed by atoms with van der Waals surface area (Å²) >= 11 is 4.39. The molecule has 6 rings (SSSR count).